The van der Waals surface area contributed by atoms with Crippen LogP contribution in [0.2, 0.25) is 0 Å². The van der Waals surface area contributed by atoms with E-state index in [-0.39, 0.29) is 0 Å². The standard InChI is InChI=1S/C14H26N2O/c15-14(13-6-2-1-3-7-13)16-9-4-5-12(11-16)8-10-17/h12-13,15,17H,1-11H2. The van der Waals surface area contributed by atoms with Crippen LogP contribution in [0, 0.1) is 17.2 Å². The van der Waals surface area contributed by atoms with Gasteiger partial charge in [-0.25, -0.2) is 0 Å². The minimum atomic E-state index is 0.301. The van der Waals surface area contributed by atoms with Gasteiger partial charge in [-0.3, -0.25) is 5.41 Å². The van der Waals surface area contributed by atoms with Gasteiger partial charge >= 0.3 is 0 Å². The monoisotopic (exact) mass is 238 g/mol. The predicted molar refractivity (Wildman–Crippen MR) is 70.3 cm³/mol. The number of likely N-dealkylation sites (tertiary alicyclic amines) is 1. The Balaban J connectivity index is 1.85. The minimum absolute atomic E-state index is 0.301. The Bertz CT molecular complexity index is 247. The number of piperidine rings is 1. The third kappa shape index (κ3) is 3.44. The molecule has 2 N–H and O–H groups in total. The van der Waals surface area contributed by atoms with Crippen molar-refractivity contribution in [2.45, 2.75) is 51.4 Å². The maximum absolute atomic E-state index is 9.02. The molecule has 0 radical (unpaired) electrons. The Labute approximate surface area is 105 Å². The normalized spacial score (nSPS) is 27.1. The fraction of sp³-hybridized carbons (Fsp3) is 0.929. The van der Waals surface area contributed by atoms with Gasteiger partial charge in [0.15, 0.2) is 0 Å². The molecule has 2 fully saturated rings. The third-order valence-electron chi connectivity index (χ3n) is 4.39. The number of nitrogens with zero attached hydrogens (tertiary/aromatic N) is 1. The summed E-state index contributed by atoms with van der Waals surface area (Å²) in [6, 6.07) is 0. The van der Waals surface area contributed by atoms with Crippen molar-refractivity contribution in [2.75, 3.05) is 19.7 Å². The molecule has 3 heteroatoms. The Hall–Kier alpha value is -0.570. The van der Waals surface area contributed by atoms with E-state index < -0.39 is 0 Å². The van der Waals surface area contributed by atoms with Crippen molar-refractivity contribution in [2.24, 2.45) is 11.8 Å². The lowest BCUT2D eigenvalue weighted by Crippen LogP contribution is -2.43. The fourth-order valence-corrected chi connectivity index (χ4v) is 3.34. The summed E-state index contributed by atoms with van der Waals surface area (Å²) in [4.78, 5) is 2.29. The van der Waals surface area contributed by atoms with Gasteiger partial charge in [-0.2, -0.15) is 0 Å². The van der Waals surface area contributed by atoms with Crippen LogP contribution in [0.15, 0.2) is 0 Å². The van der Waals surface area contributed by atoms with Crippen molar-refractivity contribution in [3.8, 4) is 0 Å². The van der Waals surface area contributed by atoms with E-state index in [0.29, 0.717) is 18.4 Å². The highest BCUT2D eigenvalue weighted by atomic mass is 16.3. The molecule has 1 aliphatic heterocycles. The lowest BCUT2D eigenvalue weighted by Gasteiger charge is -2.37. The molecule has 1 saturated heterocycles. The molecule has 98 valence electrons. The van der Waals surface area contributed by atoms with Crippen LogP contribution in [0.25, 0.3) is 0 Å². The van der Waals surface area contributed by atoms with Gasteiger partial charge in [0.25, 0.3) is 0 Å². The van der Waals surface area contributed by atoms with E-state index in [1.807, 2.05) is 0 Å². The van der Waals surface area contributed by atoms with Crippen molar-refractivity contribution >= 4 is 5.84 Å². The molecular weight excluding hydrogens is 212 g/mol. The van der Waals surface area contributed by atoms with Crippen molar-refractivity contribution in [3.05, 3.63) is 0 Å². The first-order valence-corrected chi connectivity index (χ1v) is 7.25. The zero-order valence-corrected chi connectivity index (χ0v) is 10.8. The van der Waals surface area contributed by atoms with E-state index in [9.17, 15) is 0 Å². The number of aliphatic hydroxyl groups is 1. The van der Waals surface area contributed by atoms with Crippen LogP contribution in [-0.4, -0.2) is 35.5 Å². The zero-order chi connectivity index (χ0) is 12.1. The number of hydrogen-bond acceptors (Lipinski definition) is 2. The van der Waals surface area contributed by atoms with Crippen LogP contribution in [0.3, 0.4) is 0 Å². The summed E-state index contributed by atoms with van der Waals surface area (Å²) in [7, 11) is 0. The van der Waals surface area contributed by atoms with E-state index in [0.717, 1.165) is 25.3 Å². The van der Waals surface area contributed by atoms with Gasteiger partial charge in [-0.15, -0.1) is 0 Å². The molecule has 0 spiro atoms. The van der Waals surface area contributed by atoms with Crippen LogP contribution in [-0.2, 0) is 0 Å². The highest BCUT2D eigenvalue weighted by molar-refractivity contribution is 5.81. The Morgan fingerprint density at radius 1 is 1.12 bits per heavy atom. The number of rotatable bonds is 3. The van der Waals surface area contributed by atoms with Gasteiger partial charge < -0.3 is 10.0 Å². The highest BCUT2D eigenvalue weighted by Gasteiger charge is 2.26. The van der Waals surface area contributed by atoms with Crippen molar-refractivity contribution < 1.29 is 5.11 Å². The maximum Gasteiger partial charge on any atom is 0.0989 e. The number of hydrogen-bond donors (Lipinski definition) is 2. The number of aliphatic hydroxyl groups excluding tert-OH is 1. The van der Waals surface area contributed by atoms with Gasteiger partial charge in [0.05, 0.1) is 5.84 Å². The van der Waals surface area contributed by atoms with Crippen LogP contribution < -0.4 is 0 Å². The molecule has 0 aromatic carbocycles. The van der Waals surface area contributed by atoms with Gasteiger partial charge in [0.1, 0.15) is 0 Å². The summed E-state index contributed by atoms with van der Waals surface area (Å²) in [6.45, 7) is 2.38. The van der Waals surface area contributed by atoms with Crippen LogP contribution in [0.4, 0.5) is 0 Å². The van der Waals surface area contributed by atoms with E-state index in [1.165, 1.54) is 44.9 Å². The molecule has 0 bridgehead atoms. The first kappa shape index (κ1) is 12.9. The SMILES string of the molecule is N=C(C1CCCCC1)N1CCCC(CCO)C1. The minimum Gasteiger partial charge on any atom is -0.396 e. The second-order valence-electron chi connectivity index (χ2n) is 5.69. The van der Waals surface area contributed by atoms with E-state index >= 15 is 0 Å². The summed E-state index contributed by atoms with van der Waals surface area (Å²) in [6.07, 6.45) is 9.75. The number of amidine groups is 1. The molecule has 17 heavy (non-hydrogen) atoms. The van der Waals surface area contributed by atoms with Crippen molar-refractivity contribution in [3.63, 3.8) is 0 Å². The van der Waals surface area contributed by atoms with Crippen LogP contribution >= 0.6 is 0 Å². The summed E-state index contributed by atoms with van der Waals surface area (Å²) >= 11 is 0. The largest absolute Gasteiger partial charge is 0.396 e. The van der Waals surface area contributed by atoms with E-state index in [1.54, 1.807) is 0 Å². The van der Waals surface area contributed by atoms with Gasteiger partial charge in [0.2, 0.25) is 0 Å². The van der Waals surface area contributed by atoms with Crippen LogP contribution in [0.5, 0.6) is 0 Å². The van der Waals surface area contributed by atoms with Gasteiger partial charge in [-0.1, -0.05) is 19.3 Å². The quantitative estimate of drug-likeness (QED) is 0.586. The molecule has 0 aromatic heterocycles. The Morgan fingerprint density at radius 3 is 2.59 bits per heavy atom. The molecule has 1 aliphatic carbocycles. The third-order valence-corrected chi connectivity index (χ3v) is 4.39. The second kappa shape index (κ2) is 6.39. The molecule has 2 rings (SSSR count). The first-order chi connectivity index (χ1) is 8.31. The van der Waals surface area contributed by atoms with Gasteiger partial charge in [0, 0.05) is 25.6 Å². The van der Waals surface area contributed by atoms with E-state index in [2.05, 4.69) is 4.90 Å². The van der Waals surface area contributed by atoms with Crippen LogP contribution in [0.1, 0.15) is 51.4 Å². The van der Waals surface area contributed by atoms with Crippen molar-refractivity contribution in [1.29, 1.82) is 5.41 Å². The molecule has 0 amide bonds. The lowest BCUT2D eigenvalue weighted by molar-refractivity contribution is 0.191. The summed E-state index contributed by atoms with van der Waals surface area (Å²) < 4.78 is 0. The predicted octanol–water partition coefficient (Wildman–Crippen LogP) is 2.64. The van der Waals surface area contributed by atoms with Gasteiger partial charge in [-0.05, 0) is 38.0 Å². The smallest absolute Gasteiger partial charge is 0.0989 e. The topological polar surface area (TPSA) is 47.3 Å². The first-order valence-electron chi connectivity index (χ1n) is 7.25. The molecular formula is C14H26N2O. The molecule has 1 saturated carbocycles. The maximum atomic E-state index is 9.02. The highest BCUT2D eigenvalue weighted by Crippen LogP contribution is 2.28. The van der Waals surface area contributed by atoms with Crippen molar-refractivity contribution in [1.82, 2.24) is 4.90 Å². The number of nitrogens with one attached hydrogen (secondary N) is 1. The summed E-state index contributed by atoms with van der Waals surface area (Å²) in [5.74, 6) is 2.03. The lowest BCUT2D eigenvalue weighted by atomic mass is 9.86. The fourth-order valence-electron chi connectivity index (χ4n) is 3.34. The molecule has 3 nitrogen and oxygen atoms in total. The van der Waals surface area contributed by atoms with E-state index in [4.69, 9.17) is 10.5 Å². The molecule has 1 heterocycles. The molecule has 1 unspecified atom stereocenters. The molecule has 0 aromatic rings. The average Bonchev–Trinajstić information content (AvgIpc) is 2.40. The Kier molecular flexibility index (Phi) is 4.84. The summed E-state index contributed by atoms with van der Waals surface area (Å²) in [5.41, 5.74) is 0. The summed E-state index contributed by atoms with van der Waals surface area (Å²) in [5, 5.41) is 17.4. The molecule has 2 aliphatic rings. The Morgan fingerprint density at radius 2 is 1.88 bits per heavy atom. The average molecular weight is 238 g/mol. The molecule has 1 atom stereocenters. The zero-order valence-electron chi connectivity index (χ0n) is 10.8. The second-order valence-corrected chi connectivity index (χ2v) is 5.69.